The number of amides is 1. The van der Waals surface area contributed by atoms with Gasteiger partial charge in [-0.3, -0.25) is 4.79 Å². The van der Waals surface area contributed by atoms with E-state index in [1.165, 1.54) is 11.3 Å². The van der Waals surface area contributed by atoms with Crippen molar-refractivity contribution in [3.05, 3.63) is 34.2 Å². The second-order valence-corrected chi connectivity index (χ2v) is 8.64. The number of carbonyl (C=O) groups is 1. The molecule has 8 heteroatoms. The van der Waals surface area contributed by atoms with E-state index in [1.54, 1.807) is 0 Å². The molecule has 0 aliphatic carbocycles. The fraction of sp³-hybridized carbons (Fsp3) is 0.526. The molecule has 0 radical (unpaired) electrons. The summed E-state index contributed by atoms with van der Waals surface area (Å²) in [5, 5.41) is 6.93. The third-order valence-electron chi connectivity index (χ3n) is 6.25. The molecule has 27 heavy (non-hydrogen) atoms. The van der Waals surface area contributed by atoms with Crippen molar-refractivity contribution >= 4 is 29.0 Å². The van der Waals surface area contributed by atoms with Gasteiger partial charge in [-0.25, -0.2) is 4.98 Å². The maximum absolute atomic E-state index is 12.3. The first-order valence-electron chi connectivity index (χ1n) is 9.38. The molecule has 3 fully saturated rings. The zero-order valence-corrected chi connectivity index (χ0v) is 16.0. The number of aryl methyl sites for hydroxylation is 1. The summed E-state index contributed by atoms with van der Waals surface area (Å²) in [6, 6.07) is 3.84. The Morgan fingerprint density at radius 3 is 3.19 bits per heavy atom. The van der Waals surface area contributed by atoms with Crippen LogP contribution < -0.4 is 16.0 Å². The summed E-state index contributed by atoms with van der Waals surface area (Å²) >= 11 is 1.54. The van der Waals surface area contributed by atoms with E-state index in [-0.39, 0.29) is 17.6 Å². The third kappa shape index (κ3) is 2.78. The molecule has 3 aliphatic heterocycles. The van der Waals surface area contributed by atoms with E-state index in [0.717, 1.165) is 43.0 Å². The van der Waals surface area contributed by atoms with Crippen molar-refractivity contribution in [2.24, 2.45) is 11.8 Å². The van der Waals surface area contributed by atoms with Crippen LogP contribution in [-0.2, 0) is 4.74 Å². The third-order valence-corrected chi connectivity index (χ3v) is 6.93. The zero-order chi connectivity index (χ0) is 18.6. The number of anilines is 2. The lowest BCUT2D eigenvalue weighted by atomic mass is 9.73. The Bertz CT molecular complexity index is 853. The fourth-order valence-electron chi connectivity index (χ4n) is 5.08. The van der Waals surface area contributed by atoms with Crippen LogP contribution in [0.2, 0.25) is 0 Å². The van der Waals surface area contributed by atoms with Crippen molar-refractivity contribution in [1.82, 2.24) is 15.3 Å². The first-order chi connectivity index (χ1) is 13.0. The largest absolute Gasteiger partial charge is 0.369 e. The maximum atomic E-state index is 12.3. The number of carbonyl (C=O) groups excluding carboxylic acids is 1. The average molecular weight is 385 g/mol. The minimum absolute atomic E-state index is 0.00197. The first-order valence-corrected chi connectivity index (χ1v) is 10.3. The van der Waals surface area contributed by atoms with Crippen molar-refractivity contribution in [1.29, 1.82) is 0 Å². The van der Waals surface area contributed by atoms with E-state index in [2.05, 4.69) is 20.2 Å². The molecule has 7 nitrogen and oxygen atoms in total. The van der Waals surface area contributed by atoms with Crippen LogP contribution in [0.4, 0.5) is 11.8 Å². The number of nitrogen functional groups attached to an aromatic ring is 1. The van der Waals surface area contributed by atoms with Crippen LogP contribution in [0.3, 0.4) is 0 Å². The highest BCUT2D eigenvalue weighted by Gasteiger charge is 2.63. The molecule has 0 aromatic carbocycles. The zero-order valence-electron chi connectivity index (χ0n) is 15.2. The fourth-order valence-corrected chi connectivity index (χ4v) is 5.72. The number of fused-ring (bicyclic) bond motifs is 1. The number of nitrogens with two attached hydrogens (primary N) is 1. The van der Waals surface area contributed by atoms with Gasteiger partial charge < -0.3 is 20.7 Å². The van der Waals surface area contributed by atoms with Gasteiger partial charge in [-0.1, -0.05) is 0 Å². The Morgan fingerprint density at radius 1 is 1.52 bits per heavy atom. The van der Waals surface area contributed by atoms with Crippen LogP contribution in [0.1, 0.15) is 28.9 Å². The lowest BCUT2D eigenvalue weighted by Gasteiger charge is -2.29. The molecule has 3 aliphatic rings. The predicted molar refractivity (Wildman–Crippen MR) is 104 cm³/mol. The van der Waals surface area contributed by atoms with Crippen LogP contribution in [0, 0.1) is 18.8 Å². The van der Waals surface area contributed by atoms with Gasteiger partial charge >= 0.3 is 0 Å². The molecule has 2 bridgehead atoms. The van der Waals surface area contributed by atoms with E-state index in [4.69, 9.17) is 10.5 Å². The Labute approximate surface area is 161 Å². The SMILES string of the molecule is Cc1cc(N2C[C@@H]3[C@H](CNC(=O)c4ccsc4)[C@H]4CC[C@]3(C2)O4)nc(N)n1. The van der Waals surface area contributed by atoms with Crippen molar-refractivity contribution in [3.63, 3.8) is 0 Å². The summed E-state index contributed by atoms with van der Waals surface area (Å²) in [6.07, 6.45) is 2.39. The second kappa shape index (κ2) is 6.17. The van der Waals surface area contributed by atoms with E-state index in [1.807, 2.05) is 29.8 Å². The Hall–Kier alpha value is -2.19. The normalized spacial score (nSPS) is 31.3. The Morgan fingerprint density at radius 2 is 2.41 bits per heavy atom. The quantitative estimate of drug-likeness (QED) is 0.834. The van der Waals surface area contributed by atoms with Crippen molar-refractivity contribution in [2.75, 3.05) is 30.3 Å². The van der Waals surface area contributed by atoms with Crippen LogP contribution >= 0.6 is 11.3 Å². The van der Waals surface area contributed by atoms with Crippen LogP contribution in [0.15, 0.2) is 22.9 Å². The monoisotopic (exact) mass is 385 g/mol. The van der Waals surface area contributed by atoms with Gasteiger partial charge in [0.15, 0.2) is 0 Å². The number of aromatic nitrogens is 2. The van der Waals surface area contributed by atoms with Crippen molar-refractivity contribution < 1.29 is 9.53 Å². The topological polar surface area (TPSA) is 93.4 Å². The van der Waals surface area contributed by atoms with Gasteiger partial charge in [-0.2, -0.15) is 16.3 Å². The highest BCUT2D eigenvalue weighted by molar-refractivity contribution is 7.08. The molecule has 5 rings (SSSR count). The molecule has 1 amide bonds. The van der Waals surface area contributed by atoms with E-state index >= 15 is 0 Å². The lowest BCUT2D eigenvalue weighted by molar-refractivity contribution is 0.0141. The van der Waals surface area contributed by atoms with Gasteiger partial charge in [0.05, 0.1) is 11.7 Å². The Balaban J connectivity index is 1.32. The molecular formula is C19H23N5O2S. The summed E-state index contributed by atoms with van der Waals surface area (Å²) in [4.78, 5) is 23.2. The van der Waals surface area contributed by atoms with Gasteiger partial charge in [0, 0.05) is 54.2 Å². The molecule has 0 saturated carbocycles. The standard InChI is InChI=1S/C19H23N5O2S/c1-11-6-16(23-18(20)22-11)24-8-14-13(15-2-4-19(14,10-24)26-15)7-21-17(25)12-3-5-27-9-12/h3,5-6,9,13-15H,2,4,7-8,10H2,1H3,(H,21,25)(H2,20,22,23)/t13-,14+,15+,19+/m0/s1. The van der Waals surface area contributed by atoms with Crippen molar-refractivity contribution in [3.8, 4) is 0 Å². The van der Waals surface area contributed by atoms with Gasteiger partial charge in [0.1, 0.15) is 5.82 Å². The van der Waals surface area contributed by atoms with Gasteiger partial charge in [0.25, 0.3) is 5.91 Å². The Kier molecular flexibility index (Phi) is 3.87. The minimum Gasteiger partial charge on any atom is -0.369 e. The van der Waals surface area contributed by atoms with Gasteiger partial charge in [-0.05, 0) is 31.2 Å². The molecule has 3 N–H and O–H groups in total. The lowest BCUT2D eigenvalue weighted by Crippen LogP contribution is -2.41. The molecule has 142 valence electrons. The summed E-state index contributed by atoms with van der Waals surface area (Å²) in [5.41, 5.74) is 7.34. The summed E-state index contributed by atoms with van der Waals surface area (Å²) in [7, 11) is 0. The van der Waals surface area contributed by atoms with E-state index in [0.29, 0.717) is 24.3 Å². The van der Waals surface area contributed by atoms with Gasteiger partial charge in [-0.15, -0.1) is 0 Å². The molecule has 5 heterocycles. The first kappa shape index (κ1) is 16.9. The summed E-state index contributed by atoms with van der Waals surface area (Å²) in [6.45, 7) is 4.30. The highest BCUT2D eigenvalue weighted by Crippen LogP contribution is 2.55. The van der Waals surface area contributed by atoms with Crippen LogP contribution in [-0.4, -0.2) is 47.2 Å². The van der Waals surface area contributed by atoms with Crippen LogP contribution in [0.5, 0.6) is 0 Å². The predicted octanol–water partition coefficient (Wildman–Crippen LogP) is 1.84. The molecule has 3 saturated heterocycles. The number of ether oxygens (including phenoxy) is 1. The number of hydrogen-bond acceptors (Lipinski definition) is 7. The van der Waals surface area contributed by atoms with E-state index in [9.17, 15) is 4.79 Å². The molecule has 2 aromatic rings. The minimum atomic E-state index is -0.115. The number of thiophene rings is 1. The number of nitrogens with zero attached hydrogens (tertiary/aromatic N) is 3. The highest BCUT2D eigenvalue weighted by atomic mass is 32.1. The maximum Gasteiger partial charge on any atom is 0.252 e. The molecule has 2 aromatic heterocycles. The van der Waals surface area contributed by atoms with E-state index < -0.39 is 0 Å². The smallest absolute Gasteiger partial charge is 0.252 e. The summed E-state index contributed by atoms with van der Waals surface area (Å²) < 4.78 is 6.47. The second-order valence-electron chi connectivity index (χ2n) is 7.86. The summed E-state index contributed by atoms with van der Waals surface area (Å²) in [5.74, 6) is 1.92. The van der Waals surface area contributed by atoms with Crippen LogP contribution in [0.25, 0.3) is 0 Å². The molecule has 0 unspecified atom stereocenters. The van der Waals surface area contributed by atoms with Gasteiger partial charge in [0.2, 0.25) is 5.95 Å². The average Bonchev–Trinajstić information content (AvgIpc) is 3.38. The molecule has 1 spiro atoms. The number of hydrogen-bond donors (Lipinski definition) is 2. The molecule has 4 atom stereocenters. The number of rotatable bonds is 4. The van der Waals surface area contributed by atoms with Crippen molar-refractivity contribution in [2.45, 2.75) is 31.5 Å². The molecular weight excluding hydrogens is 362 g/mol. The number of nitrogens with one attached hydrogen (secondary N) is 1.